The summed E-state index contributed by atoms with van der Waals surface area (Å²) >= 11 is 0. The normalized spacial score (nSPS) is 12.5. The molecule has 0 spiro atoms. The molecule has 0 saturated heterocycles. The van der Waals surface area contributed by atoms with Gasteiger partial charge in [-0.2, -0.15) is 0 Å². The van der Waals surface area contributed by atoms with E-state index in [1.807, 2.05) is 6.08 Å². The number of hydrogen-bond donors (Lipinski definition) is 0. The highest BCUT2D eigenvalue weighted by molar-refractivity contribution is 5.70. The Labute approximate surface area is 361 Å². The number of allylic oxidation sites excluding steroid dienone is 8. The average Bonchev–Trinajstić information content (AvgIpc) is 3.22. The van der Waals surface area contributed by atoms with Crippen molar-refractivity contribution in [2.24, 2.45) is 0 Å². The van der Waals surface area contributed by atoms with Crippen LogP contribution in [0.2, 0.25) is 0 Å². The number of ether oxygens (including phenoxy) is 3. The summed E-state index contributed by atoms with van der Waals surface area (Å²) in [6.45, 7) is 7.67. The zero-order valence-electron chi connectivity index (χ0n) is 38.8. The average molecular weight is 813 g/mol. The standard InChI is InChI=1S/C53H96O5/c1-4-7-10-13-16-19-22-24-25-26-27-28-30-33-36-39-42-45-48-56-49-51(58-53(55)47-44-41-38-35-31-21-18-15-12-9-6-3)50-57-52(54)46-43-40-37-34-32-29-23-20-17-14-11-8-5-2/h8,11,17,20,29,32,37,40,51H,4-7,9-10,12-16,18-19,21-28,30-31,33-36,38-39,41-50H2,1-3H3/b11-8-,20-17-,32-29-,40-37-. The summed E-state index contributed by atoms with van der Waals surface area (Å²) in [7, 11) is 0. The second-order valence-corrected chi connectivity index (χ2v) is 16.7. The fourth-order valence-corrected chi connectivity index (χ4v) is 7.17. The Bertz CT molecular complexity index is 966. The molecule has 1 atom stereocenters. The maximum Gasteiger partial charge on any atom is 0.306 e. The Balaban J connectivity index is 4.25. The molecule has 0 bridgehead atoms. The molecular weight excluding hydrogens is 717 g/mol. The highest BCUT2D eigenvalue weighted by Gasteiger charge is 2.17. The quantitative estimate of drug-likeness (QED) is 0.0348. The van der Waals surface area contributed by atoms with E-state index in [9.17, 15) is 9.59 Å². The van der Waals surface area contributed by atoms with Crippen molar-refractivity contribution < 1.29 is 23.8 Å². The van der Waals surface area contributed by atoms with Crippen LogP contribution in [0.1, 0.15) is 252 Å². The molecule has 0 heterocycles. The van der Waals surface area contributed by atoms with Crippen molar-refractivity contribution in [1.29, 1.82) is 0 Å². The van der Waals surface area contributed by atoms with E-state index in [0.717, 1.165) is 51.4 Å². The molecule has 0 radical (unpaired) electrons. The summed E-state index contributed by atoms with van der Waals surface area (Å²) in [5.41, 5.74) is 0. The molecule has 58 heavy (non-hydrogen) atoms. The first-order valence-corrected chi connectivity index (χ1v) is 25.2. The van der Waals surface area contributed by atoms with Gasteiger partial charge in [-0.3, -0.25) is 9.59 Å². The lowest BCUT2D eigenvalue weighted by Crippen LogP contribution is -2.30. The third-order valence-corrected chi connectivity index (χ3v) is 10.9. The van der Waals surface area contributed by atoms with Crippen LogP contribution in [0, 0.1) is 0 Å². The Morgan fingerprint density at radius 1 is 0.397 bits per heavy atom. The van der Waals surface area contributed by atoms with Gasteiger partial charge < -0.3 is 14.2 Å². The fraction of sp³-hybridized carbons (Fsp3) is 0.811. The molecule has 0 aliphatic heterocycles. The number of carbonyl (C=O) groups excluding carboxylic acids is 2. The summed E-state index contributed by atoms with van der Waals surface area (Å²) < 4.78 is 17.3. The zero-order chi connectivity index (χ0) is 42.1. The molecule has 1 unspecified atom stereocenters. The van der Waals surface area contributed by atoms with Crippen LogP contribution in [0.15, 0.2) is 48.6 Å². The van der Waals surface area contributed by atoms with Crippen molar-refractivity contribution in [3.63, 3.8) is 0 Å². The zero-order valence-corrected chi connectivity index (χ0v) is 38.8. The minimum Gasteiger partial charge on any atom is -0.462 e. The van der Waals surface area contributed by atoms with Gasteiger partial charge in [0, 0.05) is 19.4 Å². The summed E-state index contributed by atoms with van der Waals surface area (Å²) in [6, 6.07) is 0. The number of rotatable bonds is 46. The molecule has 0 aromatic heterocycles. The van der Waals surface area contributed by atoms with E-state index in [-0.39, 0.29) is 25.2 Å². The van der Waals surface area contributed by atoms with E-state index in [4.69, 9.17) is 14.2 Å². The summed E-state index contributed by atoms with van der Waals surface area (Å²) in [5, 5.41) is 0. The van der Waals surface area contributed by atoms with E-state index in [1.165, 1.54) is 161 Å². The van der Waals surface area contributed by atoms with Gasteiger partial charge in [0.1, 0.15) is 6.61 Å². The molecule has 0 fully saturated rings. The molecule has 0 aromatic carbocycles. The van der Waals surface area contributed by atoms with Gasteiger partial charge in [-0.25, -0.2) is 0 Å². The topological polar surface area (TPSA) is 61.8 Å². The maximum absolute atomic E-state index is 12.7. The van der Waals surface area contributed by atoms with E-state index >= 15 is 0 Å². The number of esters is 2. The third kappa shape index (κ3) is 46.5. The van der Waals surface area contributed by atoms with Gasteiger partial charge in [0.2, 0.25) is 0 Å². The molecule has 0 N–H and O–H groups in total. The summed E-state index contributed by atoms with van der Waals surface area (Å²) in [6.07, 6.45) is 59.9. The highest BCUT2D eigenvalue weighted by Crippen LogP contribution is 2.16. The smallest absolute Gasteiger partial charge is 0.306 e. The van der Waals surface area contributed by atoms with Gasteiger partial charge in [-0.15, -0.1) is 0 Å². The SMILES string of the molecule is CC/C=C\C/C=C\C/C=C\C/C=C\CCC(=O)OCC(COCCCCCCCCCCCCCCCCCCCC)OC(=O)CCCCCCCCCCCCC. The van der Waals surface area contributed by atoms with Gasteiger partial charge in [0.15, 0.2) is 6.10 Å². The molecule has 0 amide bonds. The first-order valence-electron chi connectivity index (χ1n) is 25.2. The molecule has 5 heteroatoms. The van der Waals surface area contributed by atoms with Crippen LogP contribution in [0.25, 0.3) is 0 Å². The van der Waals surface area contributed by atoms with Crippen molar-refractivity contribution in [3.8, 4) is 0 Å². The van der Waals surface area contributed by atoms with E-state index < -0.39 is 6.10 Å². The van der Waals surface area contributed by atoms with Gasteiger partial charge >= 0.3 is 11.9 Å². The molecule has 0 aliphatic rings. The number of carbonyl (C=O) groups is 2. The van der Waals surface area contributed by atoms with Gasteiger partial charge in [-0.1, -0.05) is 243 Å². The van der Waals surface area contributed by atoms with Gasteiger partial charge in [0.05, 0.1) is 6.61 Å². The molecule has 0 saturated carbocycles. The predicted molar refractivity (Wildman–Crippen MR) is 251 cm³/mol. The molecule has 5 nitrogen and oxygen atoms in total. The maximum atomic E-state index is 12.7. The second kappa shape index (κ2) is 49.2. The summed E-state index contributed by atoms with van der Waals surface area (Å²) in [4.78, 5) is 25.3. The number of hydrogen-bond acceptors (Lipinski definition) is 5. The minimum atomic E-state index is -0.558. The van der Waals surface area contributed by atoms with Crippen molar-refractivity contribution in [3.05, 3.63) is 48.6 Å². The van der Waals surface area contributed by atoms with Gasteiger partial charge in [-0.05, 0) is 44.9 Å². The molecular formula is C53H96O5. The van der Waals surface area contributed by atoms with E-state index in [2.05, 4.69) is 63.3 Å². The molecule has 0 aliphatic carbocycles. The van der Waals surface area contributed by atoms with Crippen LogP contribution in [0.4, 0.5) is 0 Å². The first kappa shape index (κ1) is 55.9. The Hall–Kier alpha value is -2.14. The lowest BCUT2D eigenvalue weighted by molar-refractivity contribution is -0.162. The van der Waals surface area contributed by atoms with E-state index in [0.29, 0.717) is 25.9 Å². The second-order valence-electron chi connectivity index (χ2n) is 16.7. The minimum absolute atomic E-state index is 0.0517. The van der Waals surface area contributed by atoms with Crippen LogP contribution in [-0.2, 0) is 23.8 Å². The highest BCUT2D eigenvalue weighted by atomic mass is 16.6. The molecule has 0 aromatic rings. The number of unbranched alkanes of at least 4 members (excludes halogenated alkanes) is 27. The largest absolute Gasteiger partial charge is 0.462 e. The monoisotopic (exact) mass is 813 g/mol. The van der Waals surface area contributed by atoms with Crippen molar-refractivity contribution >= 4 is 11.9 Å². The van der Waals surface area contributed by atoms with Crippen LogP contribution in [0.5, 0.6) is 0 Å². The van der Waals surface area contributed by atoms with Crippen molar-refractivity contribution in [2.75, 3.05) is 19.8 Å². The third-order valence-electron chi connectivity index (χ3n) is 10.9. The lowest BCUT2D eigenvalue weighted by atomic mass is 10.0. The first-order chi connectivity index (χ1) is 28.6. The summed E-state index contributed by atoms with van der Waals surface area (Å²) in [5.74, 6) is -0.481. The predicted octanol–water partition coefficient (Wildman–Crippen LogP) is 16.8. The van der Waals surface area contributed by atoms with E-state index in [1.54, 1.807) is 0 Å². The van der Waals surface area contributed by atoms with Crippen LogP contribution in [-0.4, -0.2) is 37.9 Å². The van der Waals surface area contributed by atoms with Crippen LogP contribution >= 0.6 is 0 Å². The van der Waals surface area contributed by atoms with Crippen molar-refractivity contribution in [1.82, 2.24) is 0 Å². The van der Waals surface area contributed by atoms with Crippen LogP contribution in [0.3, 0.4) is 0 Å². The van der Waals surface area contributed by atoms with Crippen molar-refractivity contribution in [2.45, 2.75) is 258 Å². The molecule has 0 rings (SSSR count). The Morgan fingerprint density at radius 2 is 0.776 bits per heavy atom. The Morgan fingerprint density at radius 3 is 1.21 bits per heavy atom. The van der Waals surface area contributed by atoms with Crippen LogP contribution < -0.4 is 0 Å². The fourth-order valence-electron chi connectivity index (χ4n) is 7.17. The molecule has 338 valence electrons. The Kier molecular flexibility index (Phi) is 47.4. The van der Waals surface area contributed by atoms with Gasteiger partial charge in [0.25, 0.3) is 0 Å². The lowest BCUT2D eigenvalue weighted by Gasteiger charge is -2.18.